The number of likely N-dealkylation sites (tertiary alicyclic amines) is 1. The second kappa shape index (κ2) is 6.34. The van der Waals surface area contributed by atoms with Gasteiger partial charge in [-0.15, -0.1) is 0 Å². The van der Waals surface area contributed by atoms with Crippen molar-refractivity contribution in [3.63, 3.8) is 0 Å². The first kappa shape index (κ1) is 17.7. The molecule has 2 amide bonds. The molecule has 148 valence electrons. The van der Waals surface area contributed by atoms with Crippen LogP contribution >= 0.6 is 0 Å². The number of anilines is 1. The Morgan fingerprint density at radius 1 is 1.10 bits per heavy atom. The molecule has 0 saturated carbocycles. The lowest BCUT2D eigenvalue weighted by Gasteiger charge is -2.45. The summed E-state index contributed by atoms with van der Waals surface area (Å²) < 4.78 is 2.02. The SMILES string of the molecule is Cc1nc2cc(C(=O)N3CCC4(CC3)NC(=O)c3ccccc3N4)ccc2n1C. The molecule has 1 saturated heterocycles. The molecule has 1 fully saturated rings. The molecule has 0 bridgehead atoms. The van der Waals surface area contributed by atoms with E-state index in [9.17, 15) is 9.59 Å². The minimum atomic E-state index is -0.496. The molecule has 29 heavy (non-hydrogen) atoms. The first-order chi connectivity index (χ1) is 14.0. The Morgan fingerprint density at radius 3 is 2.66 bits per heavy atom. The molecule has 2 N–H and O–H groups in total. The van der Waals surface area contributed by atoms with Gasteiger partial charge in [-0.05, 0) is 37.3 Å². The Balaban J connectivity index is 1.33. The van der Waals surface area contributed by atoms with Crippen LogP contribution in [0.15, 0.2) is 42.5 Å². The standard InChI is InChI=1S/C22H23N5O2/c1-14-23-18-13-15(7-8-19(18)26(14)2)21(29)27-11-9-22(10-12-27)24-17-6-4-3-5-16(17)20(28)25-22/h3-8,13,24H,9-12H2,1-2H3,(H,25,28). The van der Waals surface area contributed by atoms with Crippen molar-refractivity contribution in [2.45, 2.75) is 25.4 Å². The van der Waals surface area contributed by atoms with E-state index >= 15 is 0 Å². The van der Waals surface area contributed by atoms with Gasteiger partial charge in [0.15, 0.2) is 0 Å². The second-order valence-electron chi connectivity index (χ2n) is 7.92. The van der Waals surface area contributed by atoms with E-state index in [2.05, 4.69) is 15.6 Å². The van der Waals surface area contributed by atoms with E-state index in [-0.39, 0.29) is 11.8 Å². The minimum absolute atomic E-state index is 0.00703. The normalized spacial score (nSPS) is 17.7. The zero-order valence-corrected chi connectivity index (χ0v) is 16.5. The maximum absolute atomic E-state index is 13.1. The van der Waals surface area contributed by atoms with Crippen LogP contribution in [0.3, 0.4) is 0 Å². The highest BCUT2D eigenvalue weighted by molar-refractivity contribution is 6.02. The van der Waals surface area contributed by atoms with Crippen molar-refractivity contribution in [2.24, 2.45) is 7.05 Å². The molecule has 0 radical (unpaired) electrons. The van der Waals surface area contributed by atoms with Gasteiger partial charge in [0.05, 0.1) is 16.6 Å². The molecule has 1 spiro atoms. The zero-order chi connectivity index (χ0) is 20.2. The number of nitrogens with zero attached hydrogens (tertiary/aromatic N) is 3. The molecule has 0 aliphatic carbocycles. The number of imidazole rings is 1. The fourth-order valence-electron chi connectivity index (χ4n) is 4.34. The lowest BCUT2D eigenvalue weighted by molar-refractivity contribution is 0.0640. The summed E-state index contributed by atoms with van der Waals surface area (Å²) in [5, 5.41) is 6.61. The number of rotatable bonds is 1. The molecule has 0 unspecified atom stereocenters. The van der Waals surface area contributed by atoms with Crippen molar-refractivity contribution in [1.29, 1.82) is 0 Å². The van der Waals surface area contributed by atoms with Crippen LogP contribution in [0.4, 0.5) is 5.69 Å². The number of carbonyl (C=O) groups is 2. The molecular formula is C22H23N5O2. The van der Waals surface area contributed by atoms with E-state index in [1.54, 1.807) is 0 Å². The highest BCUT2D eigenvalue weighted by Crippen LogP contribution is 2.31. The number of hydrogen-bond acceptors (Lipinski definition) is 4. The van der Waals surface area contributed by atoms with Crippen molar-refractivity contribution < 1.29 is 9.59 Å². The third-order valence-corrected chi connectivity index (χ3v) is 6.15. The second-order valence-corrected chi connectivity index (χ2v) is 7.92. The van der Waals surface area contributed by atoms with Gasteiger partial charge in [-0.25, -0.2) is 4.98 Å². The van der Waals surface area contributed by atoms with Crippen LogP contribution in [0.1, 0.15) is 39.4 Å². The molecule has 7 nitrogen and oxygen atoms in total. The van der Waals surface area contributed by atoms with Crippen molar-refractivity contribution in [3.8, 4) is 0 Å². The Morgan fingerprint density at radius 2 is 1.86 bits per heavy atom. The molecule has 3 aromatic rings. The van der Waals surface area contributed by atoms with Crippen LogP contribution in [0.25, 0.3) is 11.0 Å². The fourth-order valence-corrected chi connectivity index (χ4v) is 4.34. The number of para-hydroxylation sites is 1. The highest BCUT2D eigenvalue weighted by atomic mass is 16.2. The molecule has 7 heteroatoms. The third kappa shape index (κ3) is 2.85. The first-order valence-corrected chi connectivity index (χ1v) is 9.88. The number of piperidine rings is 1. The molecule has 2 aliphatic rings. The van der Waals surface area contributed by atoms with E-state index in [0.29, 0.717) is 37.1 Å². The lowest BCUT2D eigenvalue weighted by atomic mass is 9.92. The first-order valence-electron chi connectivity index (χ1n) is 9.88. The Bertz CT molecular complexity index is 1140. The predicted molar refractivity (Wildman–Crippen MR) is 111 cm³/mol. The van der Waals surface area contributed by atoms with E-state index in [1.807, 2.05) is 65.9 Å². The van der Waals surface area contributed by atoms with E-state index in [4.69, 9.17) is 0 Å². The summed E-state index contributed by atoms with van der Waals surface area (Å²) in [6, 6.07) is 13.2. The summed E-state index contributed by atoms with van der Waals surface area (Å²) in [6.07, 6.45) is 1.31. The third-order valence-electron chi connectivity index (χ3n) is 6.15. The zero-order valence-electron chi connectivity index (χ0n) is 16.5. The largest absolute Gasteiger partial charge is 0.362 e. The van der Waals surface area contributed by atoms with Crippen molar-refractivity contribution in [2.75, 3.05) is 18.4 Å². The Kier molecular flexibility index (Phi) is 3.87. The smallest absolute Gasteiger partial charge is 0.255 e. The number of benzene rings is 2. The van der Waals surface area contributed by atoms with Crippen LogP contribution in [0.5, 0.6) is 0 Å². The van der Waals surface area contributed by atoms with E-state index in [1.165, 1.54) is 0 Å². The molecular weight excluding hydrogens is 366 g/mol. The number of nitrogens with one attached hydrogen (secondary N) is 2. The summed E-state index contributed by atoms with van der Waals surface area (Å²) in [6.45, 7) is 3.11. The molecule has 2 aromatic carbocycles. The molecule has 3 heterocycles. The van der Waals surface area contributed by atoms with E-state index < -0.39 is 5.66 Å². The summed E-state index contributed by atoms with van der Waals surface area (Å²) >= 11 is 0. The summed E-state index contributed by atoms with van der Waals surface area (Å²) in [7, 11) is 1.97. The summed E-state index contributed by atoms with van der Waals surface area (Å²) in [5.74, 6) is 0.867. The average Bonchev–Trinajstić information content (AvgIpc) is 3.01. The Labute approximate surface area is 168 Å². The maximum atomic E-state index is 13.1. The van der Waals surface area contributed by atoms with Gasteiger partial charge in [-0.1, -0.05) is 12.1 Å². The van der Waals surface area contributed by atoms with Crippen LogP contribution in [-0.2, 0) is 7.05 Å². The summed E-state index contributed by atoms with van der Waals surface area (Å²) in [4.78, 5) is 32.0. The van der Waals surface area contributed by atoms with Crippen molar-refractivity contribution in [1.82, 2.24) is 19.8 Å². The predicted octanol–water partition coefficient (Wildman–Crippen LogP) is 2.67. The van der Waals surface area contributed by atoms with Gasteiger partial charge in [0.2, 0.25) is 0 Å². The maximum Gasteiger partial charge on any atom is 0.255 e. The van der Waals surface area contributed by atoms with Gasteiger partial charge in [-0.3, -0.25) is 9.59 Å². The fraction of sp³-hybridized carbons (Fsp3) is 0.318. The average molecular weight is 389 g/mol. The molecule has 5 rings (SSSR count). The molecule has 2 aliphatic heterocycles. The van der Waals surface area contributed by atoms with Gasteiger partial charge >= 0.3 is 0 Å². The highest BCUT2D eigenvalue weighted by Gasteiger charge is 2.41. The molecule has 0 atom stereocenters. The summed E-state index contributed by atoms with van der Waals surface area (Å²) in [5.41, 5.74) is 3.52. The topological polar surface area (TPSA) is 79.3 Å². The van der Waals surface area contributed by atoms with Gasteiger partial charge in [0, 0.05) is 44.2 Å². The van der Waals surface area contributed by atoms with Gasteiger partial charge in [0.25, 0.3) is 11.8 Å². The minimum Gasteiger partial charge on any atom is -0.362 e. The number of fused-ring (bicyclic) bond motifs is 2. The Hall–Kier alpha value is -3.35. The van der Waals surface area contributed by atoms with E-state index in [0.717, 1.165) is 22.5 Å². The number of carbonyl (C=O) groups excluding carboxylic acids is 2. The van der Waals surface area contributed by atoms with Gasteiger partial charge in [-0.2, -0.15) is 0 Å². The lowest BCUT2D eigenvalue weighted by Crippen LogP contribution is -2.62. The van der Waals surface area contributed by atoms with Crippen LogP contribution in [-0.4, -0.2) is 45.0 Å². The van der Waals surface area contributed by atoms with Gasteiger partial charge < -0.3 is 20.1 Å². The number of aromatic nitrogens is 2. The number of aryl methyl sites for hydroxylation is 2. The quantitative estimate of drug-likeness (QED) is 0.671. The van der Waals surface area contributed by atoms with Crippen molar-refractivity contribution >= 4 is 28.5 Å². The van der Waals surface area contributed by atoms with Gasteiger partial charge in [0.1, 0.15) is 11.5 Å². The van der Waals surface area contributed by atoms with Crippen molar-refractivity contribution in [3.05, 3.63) is 59.4 Å². The monoisotopic (exact) mass is 389 g/mol. The van der Waals surface area contributed by atoms with Crippen LogP contribution in [0, 0.1) is 6.92 Å². The molecule has 1 aromatic heterocycles. The number of hydrogen-bond donors (Lipinski definition) is 2. The van der Waals surface area contributed by atoms with Crippen LogP contribution in [0.2, 0.25) is 0 Å². The van der Waals surface area contributed by atoms with Crippen LogP contribution < -0.4 is 10.6 Å². The number of amides is 2.